The number of hydrogen-bond acceptors (Lipinski definition) is 3. The molecule has 184 valence electrons. The zero-order chi connectivity index (χ0) is 24.6. The van der Waals surface area contributed by atoms with Gasteiger partial charge in [-0.05, 0) is 62.2 Å². The van der Waals surface area contributed by atoms with Crippen molar-refractivity contribution in [3.8, 4) is 0 Å². The minimum Gasteiger partial charge on any atom is -0.333 e. The summed E-state index contributed by atoms with van der Waals surface area (Å²) < 4.78 is 24.8. The van der Waals surface area contributed by atoms with Crippen molar-refractivity contribution in [1.82, 2.24) is 0 Å². The summed E-state index contributed by atoms with van der Waals surface area (Å²) >= 11 is 1.84. The van der Waals surface area contributed by atoms with Crippen molar-refractivity contribution >= 4 is 26.8 Å². The molecule has 0 saturated carbocycles. The van der Waals surface area contributed by atoms with Gasteiger partial charge < -0.3 is 9.79 Å². The van der Waals surface area contributed by atoms with E-state index >= 15 is 0 Å². The second kappa shape index (κ2) is 12.2. The molecule has 0 bridgehead atoms. The summed E-state index contributed by atoms with van der Waals surface area (Å²) in [5.41, 5.74) is 13.0. The first-order valence-corrected chi connectivity index (χ1v) is 15.9. The maximum Gasteiger partial charge on any atom is 0.274 e. The van der Waals surface area contributed by atoms with Gasteiger partial charge in [-0.25, -0.2) is 0 Å². The number of hydrogen-bond donors (Lipinski definition) is 4. The van der Waals surface area contributed by atoms with Crippen molar-refractivity contribution in [1.29, 1.82) is 0 Å². The van der Waals surface area contributed by atoms with Gasteiger partial charge in [-0.3, -0.25) is 20.1 Å². The van der Waals surface area contributed by atoms with E-state index in [0.29, 0.717) is 12.8 Å². The number of nitrogens with two attached hydrogens (primary N) is 2. The summed E-state index contributed by atoms with van der Waals surface area (Å²) in [5.74, 6) is 1.91. The van der Waals surface area contributed by atoms with Crippen molar-refractivity contribution < 1.29 is 18.9 Å². The highest BCUT2D eigenvalue weighted by Crippen LogP contribution is 2.57. The molecule has 0 amide bonds. The van der Waals surface area contributed by atoms with Crippen LogP contribution in [0.2, 0.25) is 0 Å². The van der Waals surface area contributed by atoms with Gasteiger partial charge in [-0.2, -0.15) is 11.8 Å². The Bertz CT molecular complexity index is 874. The third-order valence-electron chi connectivity index (χ3n) is 6.61. The summed E-state index contributed by atoms with van der Waals surface area (Å²) in [5, 5.41) is -1.89. The number of unbranched alkanes of at least 4 members (excludes halogenated alkanes) is 2. The molecule has 0 heterocycles. The van der Waals surface area contributed by atoms with Gasteiger partial charge in [0, 0.05) is 0 Å². The molecule has 0 radical (unpaired) electrons. The van der Waals surface area contributed by atoms with Crippen LogP contribution in [0.4, 0.5) is 0 Å². The van der Waals surface area contributed by atoms with Gasteiger partial charge >= 0.3 is 0 Å². The molecule has 0 aliphatic heterocycles. The summed E-state index contributed by atoms with van der Waals surface area (Å²) in [4.78, 5) is 20.4. The van der Waals surface area contributed by atoms with Crippen molar-refractivity contribution in [2.24, 2.45) is 11.0 Å². The van der Waals surface area contributed by atoms with Gasteiger partial charge in [0.2, 0.25) is 0 Å². The van der Waals surface area contributed by atoms with Crippen molar-refractivity contribution in [3.05, 3.63) is 71.8 Å². The molecular weight excluding hydrogens is 474 g/mol. The molecule has 0 spiro atoms. The molecule has 6 N–H and O–H groups in total. The molecule has 2 aromatic carbocycles. The maximum atomic E-state index is 12.4. The topological polar surface area (TPSA) is 127 Å². The predicted molar refractivity (Wildman–Crippen MR) is 141 cm³/mol. The minimum absolute atomic E-state index is 0.555. The van der Waals surface area contributed by atoms with E-state index in [0.717, 1.165) is 48.3 Å². The first-order chi connectivity index (χ1) is 15.4. The van der Waals surface area contributed by atoms with Crippen LogP contribution in [0.15, 0.2) is 60.7 Å². The lowest BCUT2D eigenvalue weighted by atomic mass is 9.94. The number of thioether (sulfide) groups is 1. The molecule has 6 nitrogen and oxygen atoms in total. The maximum absolute atomic E-state index is 12.4. The third kappa shape index (κ3) is 7.53. The third-order valence-corrected chi connectivity index (χ3v) is 11.6. The molecule has 9 heteroatoms. The lowest BCUT2D eigenvalue weighted by molar-refractivity contribution is 0.414. The van der Waals surface area contributed by atoms with Crippen LogP contribution in [0.1, 0.15) is 63.5 Å². The first-order valence-electron chi connectivity index (χ1n) is 11.3. The Morgan fingerprint density at radius 2 is 1.03 bits per heavy atom. The lowest BCUT2D eigenvalue weighted by Gasteiger charge is -2.32. The zero-order valence-electron chi connectivity index (χ0n) is 19.6. The largest absolute Gasteiger partial charge is 0.333 e. The first kappa shape index (κ1) is 28.3. The summed E-state index contributed by atoms with van der Waals surface area (Å²) in [6.07, 6.45) is 4.60. The average molecular weight is 513 g/mol. The van der Waals surface area contributed by atoms with Crippen LogP contribution >= 0.6 is 26.8 Å². The fourth-order valence-corrected chi connectivity index (χ4v) is 7.04. The second-order valence-electron chi connectivity index (χ2n) is 9.05. The quantitative estimate of drug-likeness (QED) is 0.176. The Kier molecular flexibility index (Phi) is 10.4. The summed E-state index contributed by atoms with van der Waals surface area (Å²) in [7, 11) is -7.59. The Morgan fingerprint density at radius 3 is 1.33 bits per heavy atom. The molecule has 2 aromatic rings. The van der Waals surface area contributed by atoms with E-state index in [1.165, 1.54) is 0 Å². The Morgan fingerprint density at radius 1 is 0.697 bits per heavy atom. The molecule has 2 rings (SSSR count). The van der Waals surface area contributed by atoms with Crippen LogP contribution in [-0.2, 0) is 19.4 Å². The van der Waals surface area contributed by atoms with E-state index < -0.39 is 25.4 Å². The van der Waals surface area contributed by atoms with Crippen LogP contribution < -0.4 is 11.0 Å². The van der Waals surface area contributed by atoms with E-state index in [2.05, 4.69) is 0 Å². The molecule has 0 fully saturated rings. The van der Waals surface area contributed by atoms with Gasteiger partial charge in [0.25, 0.3) is 15.0 Å². The molecule has 4 atom stereocenters. The van der Waals surface area contributed by atoms with Crippen molar-refractivity contribution in [3.63, 3.8) is 0 Å². The van der Waals surface area contributed by atoms with Crippen molar-refractivity contribution in [2.75, 3.05) is 11.5 Å². The molecule has 0 aliphatic carbocycles. The van der Waals surface area contributed by atoms with Gasteiger partial charge in [0.15, 0.2) is 0 Å². The average Bonchev–Trinajstić information content (AvgIpc) is 2.77. The molecule has 0 aliphatic rings. The number of rotatable bonds is 14. The van der Waals surface area contributed by atoms with Crippen LogP contribution in [-0.4, -0.2) is 21.3 Å². The normalized spacial score (nSPS) is 19.1. The van der Waals surface area contributed by atoms with Crippen LogP contribution in [0.5, 0.6) is 0 Å². The molecule has 33 heavy (non-hydrogen) atoms. The van der Waals surface area contributed by atoms with Crippen LogP contribution in [0, 0.1) is 0 Å². The highest BCUT2D eigenvalue weighted by molar-refractivity contribution is 7.99. The van der Waals surface area contributed by atoms with Gasteiger partial charge in [0.1, 0.15) is 0 Å². The highest BCUT2D eigenvalue weighted by atomic mass is 32.2. The van der Waals surface area contributed by atoms with Gasteiger partial charge in [-0.15, -0.1) is 0 Å². The van der Waals surface area contributed by atoms with Crippen LogP contribution in [0.3, 0.4) is 0 Å². The van der Waals surface area contributed by atoms with E-state index in [9.17, 15) is 18.9 Å². The standard InChI is InChI=1S/C24H38N2O4P2S/c1-23(31(25,27)28,21-13-5-3-6-14-21)17-9-11-19-33-20-12-10-18-24(2,32(26,29)30)22-15-7-4-8-16-22/h3-8,13-16H,9-12,17-20H2,1-2H3,(H3,25,27,28)(H3,26,29,30). The minimum atomic E-state index is -3.80. The Hall–Kier alpha value is -0.910. The van der Waals surface area contributed by atoms with Crippen LogP contribution in [0.25, 0.3) is 0 Å². The SMILES string of the molecule is CC(CCCCSCCCCC(C)(c1ccccc1)P(N)(=O)O)(c1ccccc1)P(N)(=O)O. The van der Waals surface area contributed by atoms with Gasteiger partial charge in [-0.1, -0.05) is 73.5 Å². The molecular formula is C24H38N2O4P2S. The molecule has 4 unspecified atom stereocenters. The lowest BCUT2D eigenvalue weighted by Crippen LogP contribution is -2.26. The molecule has 0 saturated heterocycles. The number of benzene rings is 2. The van der Waals surface area contributed by atoms with E-state index in [-0.39, 0.29) is 0 Å². The zero-order valence-corrected chi connectivity index (χ0v) is 22.2. The smallest absolute Gasteiger partial charge is 0.274 e. The van der Waals surface area contributed by atoms with Gasteiger partial charge in [0.05, 0.1) is 10.3 Å². The predicted octanol–water partition coefficient (Wildman–Crippen LogP) is 6.18. The Balaban J connectivity index is 1.74. The summed E-state index contributed by atoms with van der Waals surface area (Å²) in [6.45, 7) is 3.55. The highest BCUT2D eigenvalue weighted by Gasteiger charge is 2.42. The Labute approximate surface area is 202 Å². The summed E-state index contributed by atoms with van der Waals surface area (Å²) in [6, 6.07) is 18.7. The second-order valence-corrected chi connectivity index (χ2v) is 14.7. The molecule has 0 aromatic heterocycles. The van der Waals surface area contributed by atoms with E-state index in [1.807, 2.05) is 72.4 Å². The fourth-order valence-electron chi connectivity index (χ4n) is 4.02. The fraction of sp³-hybridized carbons (Fsp3) is 0.500. The van der Waals surface area contributed by atoms with E-state index in [1.54, 1.807) is 13.8 Å². The van der Waals surface area contributed by atoms with E-state index in [4.69, 9.17) is 11.0 Å². The van der Waals surface area contributed by atoms with Crippen molar-refractivity contribution in [2.45, 2.75) is 62.7 Å². The monoisotopic (exact) mass is 512 g/mol.